The van der Waals surface area contributed by atoms with Gasteiger partial charge in [0.2, 0.25) is 0 Å². The van der Waals surface area contributed by atoms with Gasteiger partial charge in [-0.1, -0.05) is 32.3 Å². The first kappa shape index (κ1) is 14.7. The molecule has 1 amide bonds. The van der Waals surface area contributed by atoms with Crippen molar-refractivity contribution in [3.8, 4) is 0 Å². The molecule has 4 nitrogen and oxygen atoms in total. The summed E-state index contributed by atoms with van der Waals surface area (Å²) in [6.45, 7) is 2.87. The van der Waals surface area contributed by atoms with E-state index in [9.17, 15) is 4.79 Å². The molecule has 1 aliphatic rings. The Bertz CT molecular complexity index is 448. The zero-order valence-electron chi connectivity index (χ0n) is 12.4. The molecule has 1 aromatic rings. The van der Waals surface area contributed by atoms with E-state index in [0.717, 1.165) is 24.2 Å². The predicted molar refractivity (Wildman–Crippen MR) is 82.4 cm³/mol. The summed E-state index contributed by atoms with van der Waals surface area (Å²) >= 11 is 0. The van der Waals surface area contributed by atoms with Gasteiger partial charge in [-0.3, -0.25) is 4.90 Å². The van der Waals surface area contributed by atoms with Crippen LogP contribution in [0.4, 0.5) is 16.2 Å². The third-order valence-corrected chi connectivity index (χ3v) is 3.70. The number of rotatable bonds is 7. The molecule has 1 heterocycles. The largest absolute Gasteiger partial charge is 0.444 e. The van der Waals surface area contributed by atoms with Gasteiger partial charge in [-0.05, 0) is 31.0 Å². The van der Waals surface area contributed by atoms with Gasteiger partial charge < -0.3 is 10.1 Å². The molecule has 0 spiro atoms. The van der Waals surface area contributed by atoms with Gasteiger partial charge in [-0.2, -0.15) is 0 Å². The Morgan fingerprint density at radius 2 is 2.20 bits per heavy atom. The van der Waals surface area contributed by atoms with Gasteiger partial charge in [0, 0.05) is 18.4 Å². The second-order valence-electron chi connectivity index (χ2n) is 5.27. The number of nitrogens with zero attached hydrogens (tertiary/aromatic N) is 1. The third-order valence-electron chi connectivity index (χ3n) is 3.70. The smallest absolute Gasteiger partial charge is 0.414 e. The Morgan fingerprint density at radius 1 is 1.35 bits per heavy atom. The molecule has 0 bridgehead atoms. The molecule has 0 radical (unpaired) electrons. The number of nitrogens with one attached hydrogen (secondary N) is 1. The third kappa shape index (κ3) is 3.65. The lowest BCUT2D eigenvalue weighted by atomic mass is 10.1. The predicted octanol–water partition coefficient (Wildman–Crippen LogP) is 4.02. The highest BCUT2D eigenvalue weighted by Gasteiger charge is 2.31. The minimum atomic E-state index is -0.223. The Balaban J connectivity index is 1.91. The highest BCUT2D eigenvalue weighted by molar-refractivity contribution is 5.90. The van der Waals surface area contributed by atoms with Gasteiger partial charge >= 0.3 is 6.09 Å². The van der Waals surface area contributed by atoms with E-state index in [1.807, 2.05) is 31.3 Å². The number of amides is 1. The quantitative estimate of drug-likeness (QED) is 0.765. The van der Waals surface area contributed by atoms with E-state index >= 15 is 0 Å². The fraction of sp³-hybridized carbons (Fsp3) is 0.562. The fourth-order valence-corrected chi connectivity index (χ4v) is 2.51. The standard InChI is InChI=1S/C16H24N2O2/c1-3-4-5-6-10-15-12-18(16(19)20-15)14-9-7-8-13(11-14)17-2/h7-9,11,15,17H,3-6,10,12H2,1-2H3. The van der Waals surface area contributed by atoms with Crippen molar-refractivity contribution < 1.29 is 9.53 Å². The average Bonchev–Trinajstić information content (AvgIpc) is 2.85. The van der Waals surface area contributed by atoms with Gasteiger partial charge in [0.15, 0.2) is 0 Å². The molecule has 1 aliphatic heterocycles. The van der Waals surface area contributed by atoms with Crippen molar-refractivity contribution in [3.63, 3.8) is 0 Å². The summed E-state index contributed by atoms with van der Waals surface area (Å²) in [5, 5.41) is 3.09. The van der Waals surface area contributed by atoms with Crippen molar-refractivity contribution in [2.24, 2.45) is 0 Å². The van der Waals surface area contributed by atoms with E-state index in [1.165, 1.54) is 19.3 Å². The molecule has 1 fully saturated rings. The van der Waals surface area contributed by atoms with Crippen molar-refractivity contribution in [1.82, 2.24) is 0 Å². The number of hydrogen-bond donors (Lipinski definition) is 1. The molecule has 0 saturated carbocycles. The number of anilines is 2. The molecule has 110 valence electrons. The molecule has 1 saturated heterocycles. The fourth-order valence-electron chi connectivity index (χ4n) is 2.51. The second kappa shape index (κ2) is 7.17. The molecular weight excluding hydrogens is 252 g/mol. The SMILES string of the molecule is CCCCCCC1CN(c2cccc(NC)c2)C(=O)O1. The van der Waals surface area contributed by atoms with Crippen LogP contribution in [0.3, 0.4) is 0 Å². The van der Waals surface area contributed by atoms with Gasteiger partial charge in [0.05, 0.1) is 6.54 Å². The van der Waals surface area contributed by atoms with Crippen LogP contribution in [-0.2, 0) is 4.74 Å². The molecule has 2 rings (SSSR count). The van der Waals surface area contributed by atoms with E-state index in [4.69, 9.17) is 4.74 Å². The molecule has 1 aromatic carbocycles. The van der Waals surface area contributed by atoms with E-state index in [-0.39, 0.29) is 12.2 Å². The molecule has 1 atom stereocenters. The lowest BCUT2D eigenvalue weighted by Gasteiger charge is -2.14. The van der Waals surface area contributed by atoms with Crippen molar-refractivity contribution in [1.29, 1.82) is 0 Å². The van der Waals surface area contributed by atoms with Gasteiger partial charge in [-0.15, -0.1) is 0 Å². The second-order valence-corrected chi connectivity index (χ2v) is 5.27. The van der Waals surface area contributed by atoms with Crippen LogP contribution in [0.25, 0.3) is 0 Å². The topological polar surface area (TPSA) is 41.6 Å². The number of carbonyl (C=O) groups is 1. The van der Waals surface area contributed by atoms with Crippen LogP contribution >= 0.6 is 0 Å². The van der Waals surface area contributed by atoms with Crippen molar-refractivity contribution in [3.05, 3.63) is 24.3 Å². The van der Waals surface area contributed by atoms with Crippen LogP contribution in [0.15, 0.2) is 24.3 Å². The van der Waals surface area contributed by atoms with Crippen LogP contribution in [0.2, 0.25) is 0 Å². The van der Waals surface area contributed by atoms with E-state index in [2.05, 4.69) is 12.2 Å². The summed E-state index contributed by atoms with van der Waals surface area (Å²) in [6.07, 6.45) is 5.63. The zero-order valence-corrected chi connectivity index (χ0v) is 12.4. The summed E-state index contributed by atoms with van der Waals surface area (Å²) in [5.74, 6) is 0. The molecule has 1 unspecified atom stereocenters. The lowest BCUT2D eigenvalue weighted by Crippen LogP contribution is -2.24. The first-order valence-corrected chi connectivity index (χ1v) is 7.50. The molecule has 1 N–H and O–H groups in total. The molecule has 20 heavy (non-hydrogen) atoms. The lowest BCUT2D eigenvalue weighted by molar-refractivity contribution is 0.135. The van der Waals surface area contributed by atoms with E-state index < -0.39 is 0 Å². The number of hydrogen-bond acceptors (Lipinski definition) is 3. The van der Waals surface area contributed by atoms with Crippen molar-refractivity contribution in [2.75, 3.05) is 23.8 Å². The molecule has 0 aliphatic carbocycles. The summed E-state index contributed by atoms with van der Waals surface area (Å²) < 4.78 is 5.45. The minimum Gasteiger partial charge on any atom is -0.444 e. The average molecular weight is 276 g/mol. The monoisotopic (exact) mass is 276 g/mol. The van der Waals surface area contributed by atoms with E-state index in [1.54, 1.807) is 4.90 Å². The maximum atomic E-state index is 12.0. The van der Waals surface area contributed by atoms with Gasteiger partial charge in [-0.25, -0.2) is 4.79 Å². The van der Waals surface area contributed by atoms with Crippen molar-refractivity contribution in [2.45, 2.75) is 45.1 Å². The van der Waals surface area contributed by atoms with Gasteiger partial charge in [0.25, 0.3) is 0 Å². The Morgan fingerprint density at radius 3 is 2.95 bits per heavy atom. The molecule has 4 heteroatoms. The maximum Gasteiger partial charge on any atom is 0.414 e. The number of benzene rings is 1. The number of ether oxygens (including phenoxy) is 1. The highest BCUT2D eigenvalue weighted by atomic mass is 16.6. The van der Waals surface area contributed by atoms with Crippen LogP contribution in [-0.4, -0.2) is 25.8 Å². The highest BCUT2D eigenvalue weighted by Crippen LogP contribution is 2.26. The summed E-state index contributed by atoms with van der Waals surface area (Å²) in [6, 6.07) is 7.85. The normalized spacial score (nSPS) is 18.2. The van der Waals surface area contributed by atoms with Crippen LogP contribution in [0.1, 0.15) is 39.0 Å². The summed E-state index contributed by atoms with van der Waals surface area (Å²) in [7, 11) is 1.87. The Hall–Kier alpha value is -1.71. The first-order chi connectivity index (χ1) is 9.74. The van der Waals surface area contributed by atoms with E-state index in [0.29, 0.717) is 6.54 Å². The van der Waals surface area contributed by atoms with Crippen LogP contribution < -0.4 is 10.2 Å². The van der Waals surface area contributed by atoms with Gasteiger partial charge in [0.1, 0.15) is 6.10 Å². The summed E-state index contributed by atoms with van der Waals surface area (Å²) in [4.78, 5) is 13.7. The summed E-state index contributed by atoms with van der Waals surface area (Å²) in [5.41, 5.74) is 1.90. The Labute approximate surface area is 121 Å². The number of unbranched alkanes of at least 4 members (excludes halogenated alkanes) is 3. The van der Waals surface area contributed by atoms with Crippen molar-refractivity contribution >= 4 is 17.5 Å². The van der Waals surface area contributed by atoms with Crippen LogP contribution in [0.5, 0.6) is 0 Å². The number of cyclic esters (lactones) is 1. The Kier molecular flexibility index (Phi) is 5.27. The van der Waals surface area contributed by atoms with Crippen LogP contribution in [0, 0.1) is 0 Å². The maximum absolute atomic E-state index is 12.0. The first-order valence-electron chi connectivity index (χ1n) is 7.50. The zero-order chi connectivity index (χ0) is 14.4. The molecule has 0 aromatic heterocycles. The number of carbonyl (C=O) groups excluding carboxylic acids is 1. The minimum absolute atomic E-state index is 0.0394. The molecular formula is C16H24N2O2.